The van der Waals surface area contributed by atoms with Gasteiger partial charge in [-0.3, -0.25) is 0 Å². The Labute approximate surface area is 75.6 Å². The maximum Gasteiger partial charge on any atom is 0.165 e. The molecule has 1 atom stereocenters. The van der Waals surface area contributed by atoms with Gasteiger partial charge in [-0.15, -0.1) is 0 Å². The lowest BCUT2D eigenvalue weighted by molar-refractivity contribution is 0.275. The van der Waals surface area contributed by atoms with Gasteiger partial charge in [0, 0.05) is 18.2 Å². The van der Waals surface area contributed by atoms with Crippen molar-refractivity contribution in [1.29, 1.82) is 0 Å². The number of hydrogen-bond acceptors (Lipinski definition) is 3. The molecular formula is C9H12FNO2. The molecule has 0 aliphatic rings. The van der Waals surface area contributed by atoms with Gasteiger partial charge in [0.2, 0.25) is 0 Å². The fourth-order valence-corrected chi connectivity index (χ4v) is 1.13. The Bertz CT molecular complexity index is 291. The molecule has 0 heterocycles. The number of benzene rings is 1. The molecule has 0 fully saturated rings. The molecule has 13 heavy (non-hydrogen) atoms. The van der Waals surface area contributed by atoms with E-state index in [0.29, 0.717) is 12.0 Å². The minimum atomic E-state index is -0.689. The van der Waals surface area contributed by atoms with Gasteiger partial charge in [-0.05, 0) is 12.5 Å². The summed E-state index contributed by atoms with van der Waals surface area (Å²) in [6, 6.07) is 3.64. The van der Waals surface area contributed by atoms with Crippen LogP contribution in [0.1, 0.15) is 18.0 Å². The summed E-state index contributed by atoms with van der Waals surface area (Å²) in [6.07, 6.45) is 0.303. The fraction of sp³-hybridized carbons (Fsp3) is 0.333. The van der Waals surface area contributed by atoms with E-state index in [1.54, 1.807) is 6.07 Å². The smallest absolute Gasteiger partial charge is 0.165 e. The molecule has 0 radical (unpaired) electrons. The van der Waals surface area contributed by atoms with E-state index in [9.17, 15) is 9.50 Å². The molecule has 0 amide bonds. The van der Waals surface area contributed by atoms with Gasteiger partial charge in [0.1, 0.15) is 0 Å². The Balaban J connectivity index is 2.93. The molecule has 0 aliphatic carbocycles. The van der Waals surface area contributed by atoms with Crippen molar-refractivity contribution < 1.29 is 14.6 Å². The van der Waals surface area contributed by atoms with Crippen molar-refractivity contribution in [1.82, 2.24) is 0 Å². The molecule has 1 rings (SSSR count). The average molecular weight is 185 g/mol. The van der Waals surface area contributed by atoms with Crippen LogP contribution in [0.15, 0.2) is 18.2 Å². The first kappa shape index (κ1) is 9.95. The number of halogens is 1. The number of phenolic OH excluding ortho intramolecular Hbond substituents is 1. The van der Waals surface area contributed by atoms with Crippen molar-refractivity contribution >= 4 is 0 Å². The van der Waals surface area contributed by atoms with Gasteiger partial charge in [0.25, 0.3) is 0 Å². The zero-order chi connectivity index (χ0) is 9.84. The molecular weight excluding hydrogens is 173 g/mol. The summed E-state index contributed by atoms with van der Waals surface area (Å²) in [7, 11) is 0. The van der Waals surface area contributed by atoms with Crippen LogP contribution in [0.5, 0.6) is 5.75 Å². The second-order valence-electron chi connectivity index (χ2n) is 2.80. The second-order valence-corrected chi connectivity index (χ2v) is 2.80. The zero-order valence-corrected chi connectivity index (χ0v) is 7.07. The lowest BCUT2D eigenvalue weighted by Gasteiger charge is -2.11. The summed E-state index contributed by atoms with van der Waals surface area (Å²) in [5, 5.41) is 17.9. The van der Waals surface area contributed by atoms with Gasteiger partial charge in [0.05, 0.1) is 0 Å². The number of hydrogen-bond donors (Lipinski definition) is 3. The highest BCUT2D eigenvalue weighted by molar-refractivity contribution is 5.35. The molecule has 0 saturated heterocycles. The minimum Gasteiger partial charge on any atom is -0.505 e. The number of para-hydroxylation sites is 1. The summed E-state index contributed by atoms with van der Waals surface area (Å²) in [6.45, 7) is -0.0862. The lowest BCUT2D eigenvalue weighted by Crippen LogP contribution is -2.12. The molecule has 3 nitrogen and oxygen atoms in total. The maximum atomic E-state index is 12.8. The number of phenols is 1. The van der Waals surface area contributed by atoms with E-state index >= 15 is 0 Å². The third-order valence-corrected chi connectivity index (χ3v) is 1.86. The van der Waals surface area contributed by atoms with Crippen LogP contribution in [-0.2, 0) is 0 Å². The van der Waals surface area contributed by atoms with Gasteiger partial charge in [0.15, 0.2) is 11.6 Å². The molecule has 72 valence electrons. The van der Waals surface area contributed by atoms with Gasteiger partial charge < -0.3 is 15.9 Å². The first-order valence-corrected chi connectivity index (χ1v) is 4.00. The van der Waals surface area contributed by atoms with Crippen LogP contribution >= 0.6 is 0 Å². The topological polar surface area (TPSA) is 66.5 Å². The molecule has 0 aromatic heterocycles. The number of aliphatic hydroxyl groups excluding tert-OH is 1. The standard InChI is InChI=1S/C9H12FNO2/c10-7-3-1-2-6(9(7)13)8(11)4-5-12/h1-3,8,12-13H,4-5,11H2. The van der Waals surface area contributed by atoms with E-state index in [1.165, 1.54) is 6.07 Å². The Kier molecular flexibility index (Phi) is 3.22. The van der Waals surface area contributed by atoms with Gasteiger partial charge in [-0.25, -0.2) is 4.39 Å². The van der Waals surface area contributed by atoms with Gasteiger partial charge in [-0.2, -0.15) is 0 Å². The van der Waals surface area contributed by atoms with E-state index in [1.807, 2.05) is 0 Å². The highest BCUT2D eigenvalue weighted by Crippen LogP contribution is 2.26. The first-order valence-electron chi connectivity index (χ1n) is 4.00. The first-order chi connectivity index (χ1) is 6.16. The third-order valence-electron chi connectivity index (χ3n) is 1.86. The summed E-state index contributed by atoms with van der Waals surface area (Å²) < 4.78 is 12.8. The number of rotatable bonds is 3. The number of aliphatic hydroxyl groups is 1. The maximum absolute atomic E-state index is 12.8. The van der Waals surface area contributed by atoms with E-state index in [4.69, 9.17) is 10.8 Å². The van der Waals surface area contributed by atoms with Crippen LogP contribution in [0.25, 0.3) is 0 Å². The Morgan fingerprint density at radius 1 is 1.46 bits per heavy atom. The molecule has 1 aromatic carbocycles. The van der Waals surface area contributed by atoms with Crippen LogP contribution in [-0.4, -0.2) is 16.8 Å². The van der Waals surface area contributed by atoms with E-state index in [0.717, 1.165) is 6.07 Å². The number of aromatic hydroxyl groups is 1. The SMILES string of the molecule is NC(CCO)c1cccc(F)c1O. The van der Waals surface area contributed by atoms with Gasteiger partial charge in [-0.1, -0.05) is 12.1 Å². The van der Waals surface area contributed by atoms with E-state index in [2.05, 4.69) is 0 Å². The van der Waals surface area contributed by atoms with Crippen LogP contribution < -0.4 is 5.73 Å². The molecule has 0 saturated carbocycles. The molecule has 0 spiro atoms. The summed E-state index contributed by atoms with van der Waals surface area (Å²) in [5.41, 5.74) is 5.92. The normalized spacial score (nSPS) is 12.8. The monoisotopic (exact) mass is 185 g/mol. The quantitative estimate of drug-likeness (QED) is 0.655. The molecule has 1 aromatic rings. The van der Waals surface area contributed by atoms with Crippen LogP contribution in [0, 0.1) is 5.82 Å². The van der Waals surface area contributed by atoms with Crippen molar-refractivity contribution in [2.75, 3.05) is 6.61 Å². The average Bonchev–Trinajstić information content (AvgIpc) is 2.10. The summed E-state index contributed by atoms with van der Waals surface area (Å²) in [4.78, 5) is 0. The van der Waals surface area contributed by atoms with Gasteiger partial charge >= 0.3 is 0 Å². The fourth-order valence-electron chi connectivity index (χ4n) is 1.13. The van der Waals surface area contributed by atoms with E-state index < -0.39 is 17.6 Å². The minimum absolute atomic E-state index is 0.0862. The molecule has 4 N–H and O–H groups in total. The second kappa shape index (κ2) is 4.20. The Morgan fingerprint density at radius 2 is 2.15 bits per heavy atom. The van der Waals surface area contributed by atoms with Crippen molar-refractivity contribution in [3.63, 3.8) is 0 Å². The Morgan fingerprint density at radius 3 is 2.77 bits per heavy atom. The Hall–Kier alpha value is -1.13. The van der Waals surface area contributed by atoms with E-state index in [-0.39, 0.29) is 6.61 Å². The molecule has 0 aliphatic heterocycles. The molecule has 1 unspecified atom stereocenters. The van der Waals surface area contributed by atoms with Crippen molar-refractivity contribution in [2.24, 2.45) is 5.73 Å². The van der Waals surface area contributed by atoms with Crippen LogP contribution in [0.4, 0.5) is 4.39 Å². The molecule has 4 heteroatoms. The predicted molar refractivity (Wildman–Crippen MR) is 46.7 cm³/mol. The predicted octanol–water partition coefficient (Wildman–Crippen LogP) is 0.913. The van der Waals surface area contributed by atoms with Crippen molar-refractivity contribution in [3.8, 4) is 5.75 Å². The van der Waals surface area contributed by atoms with Crippen LogP contribution in [0.2, 0.25) is 0 Å². The largest absolute Gasteiger partial charge is 0.505 e. The summed E-state index contributed by atoms with van der Waals surface area (Å²) >= 11 is 0. The zero-order valence-electron chi connectivity index (χ0n) is 7.07. The van der Waals surface area contributed by atoms with Crippen molar-refractivity contribution in [3.05, 3.63) is 29.6 Å². The third kappa shape index (κ3) is 2.17. The van der Waals surface area contributed by atoms with Crippen LogP contribution in [0.3, 0.4) is 0 Å². The highest BCUT2D eigenvalue weighted by Gasteiger charge is 2.12. The molecule has 0 bridgehead atoms. The lowest BCUT2D eigenvalue weighted by atomic mass is 10.0. The highest BCUT2D eigenvalue weighted by atomic mass is 19.1. The number of nitrogens with two attached hydrogens (primary N) is 1. The summed E-state index contributed by atoms with van der Waals surface area (Å²) in [5.74, 6) is -1.12. The van der Waals surface area contributed by atoms with Crippen molar-refractivity contribution in [2.45, 2.75) is 12.5 Å².